The van der Waals surface area contributed by atoms with Crippen LogP contribution in [0.25, 0.3) is 11.0 Å². The van der Waals surface area contributed by atoms with Crippen molar-refractivity contribution in [2.75, 3.05) is 18.4 Å². The topological polar surface area (TPSA) is 50.2 Å². The van der Waals surface area contributed by atoms with Crippen LogP contribution in [0.3, 0.4) is 0 Å². The van der Waals surface area contributed by atoms with E-state index in [2.05, 4.69) is 35.0 Å². The predicted molar refractivity (Wildman–Crippen MR) is 113 cm³/mol. The van der Waals surface area contributed by atoms with Crippen molar-refractivity contribution in [1.82, 2.24) is 14.5 Å². The minimum atomic E-state index is 0.236. The second-order valence-corrected chi connectivity index (χ2v) is 7.46. The molecule has 28 heavy (non-hydrogen) atoms. The molecule has 0 spiro atoms. The summed E-state index contributed by atoms with van der Waals surface area (Å²) in [6.45, 7) is 4.44. The minimum Gasteiger partial charge on any atom is -0.381 e. The average Bonchev–Trinajstić information content (AvgIpc) is 3.10. The van der Waals surface area contributed by atoms with Crippen LogP contribution in [-0.4, -0.2) is 39.5 Å². The lowest BCUT2D eigenvalue weighted by Gasteiger charge is -2.34. The quantitative estimate of drug-likeness (QED) is 0.705. The number of nitrogens with zero attached hydrogens (tertiary/aromatic N) is 3. The maximum atomic E-state index is 12.9. The molecule has 1 amide bonds. The van der Waals surface area contributed by atoms with E-state index in [0.29, 0.717) is 19.0 Å². The number of nitrogens with one attached hydrogen (secondary N) is 1. The molecule has 1 N–H and O–H groups in total. The highest BCUT2D eigenvalue weighted by molar-refractivity contribution is 5.78. The van der Waals surface area contributed by atoms with Crippen LogP contribution in [0.15, 0.2) is 54.6 Å². The Labute approximate surface area is 166 Å². The molecular weight excluding hydrogens is 348 g/mol. The lowest BCUT2D eigenvalue weighted by atomic mass is 10.0. The number of aryl methyl sites for hydroxylation is 2. The van der Waals surface area contributed by atoms with E-state index in [9.17, 15) is 4.79 Å². The second kappa shape index (κ2) is 8.46. The molecule has 1 fully saturated rings. The van der Waals surface area contributed by atoms with Gasteiger partial charge >= 0.3 is 0 Å². The molecule has 0 unspecified atom stereocenters. The lowest BCUT2D eigenvalue weighted by Crippen LogP contribution is -2.45. The van der Waals surface area contributed by atoms with Gasteiger partial charge in [-0.2, -0.15) is 0 Å². The van der Waals surface area contributed by atoms with Crippen LogP contribution in [0.5, 0.6) is 0 Å². The number of piperidine rings is 1. The Morgan fingerprint density at radius 2 is 1.93 bits per heavy atom. The molecule has 1 saturated heterocycles. The third-order valence-electron chi connectivity index (χ3n) is 5.52. The SMILES string of the molecule is CCc1nc2ccccc2n1CCC(=O)N1CCC[C@@H](Nc2ccccc2)C1. The van der Waals surface area contributed by atoms with E-state index in [4.69, 9.17) is 4.98 Å². The first-order chi connectivity index (χ1) is 13.7. The molecule has 3 aromatic rings. The number of hydrogen-bond donors (Lipinski definition) is 1. The van der Waals surface area contributed by atoms with E-state index in [1.807, 2.05) is 41.3 Å². The fourth-order valence-corrected chi connectivity index (χ4v) is 4.10. The summed E-state index contributed by atoms with van der Waals surface area (Å²) in [6.07, 6.45) is 3.54. The second-order valence-electron chi connectivity index (χ2n) is 7.46. The molecule has 0 aliphatic carbocycles. The summed E-state index contributed by atoms with van der Waals surface area (Å²) in [5.74, 6) is 1.29. The summed E-state index contributed by atoms with van der Waals surface area (Å²) in [5.41, 5.74) is 3.26. The number of rotatable bonds is 6. The molecule has 5 heteroatoms. The highest BCUT2D eigenvalue weighted by atomic mass is 16.2. The van der Waals surface area contributed by atoms with Crippen LogP contribution in [-0.2, 0) is 17.8 Å². The van der Waals surface area contributed by atoms with E-state index < -0.39 is 0 Å². The Kier molecular flexibility index (Phi) is 5.60. The van der Waals surface area contributed by atoms with E-state index >= 15 is 0 Å². The van der Waals surface area contributed by atoms with Gasteiger partial charge in [0.2, 0.25) is 5.91 Å². The van der Waals surface area contributed by atoms with Crippen molar-refractivity contribution in [1.29, 1.82) is 0 Å². The molecule has 0 saturated carbocycles. The summed E-state index contributed by atoms with van der Waals surface area (Å²) in [5, 5.41) is 3.57. The Morgan fingerprint density at radius 1 is 1.14 bits per heavy atom. The van der Waals surface area contributed by atoms with Crippen LogP contribution >= 0.6 is 0 Å². The third-order valence-corrected chi connectivity index (χ3v) is 5.52. The number of imidazole rings is 1. The van der Waals surface area contributed by atoms with E-state index in [1.165, 1.54) is 0 Å². The van der Waals surface area contributed by atoms with Gasteiger partial charge in [0.05, 0.1) is 11.0 Å². The Balaban J connectivity index is 1.39. The minimum absolute atomic E-state index is 0.236. The molecule has 146 valence electrons. The van der Waals surface area contributed by atoms with E-state index in [0.717, 1.165) is 54.9 Å². The number of anilines is 1. The Morgan fingerprint density at radius 3 is 2.75 bits per heavy atom. The number of benzene rings is 2. The molecule has 1 aliphatic rings. The van der Waals surface area contributed by atoms with Gasteiger partial charge in [-0.25, -0.2) is 4.98 Å². The molecule has 2 heterocycles. The first-order valence-electron chi connectivity index (χ1n) is 10.3. The van der Waals surface area contributed by atoms with Crippen LogP contribution in [0, 0.1) is 0 Å². The van der Waals surface area contributed by atoms with Gasteiger partial charge < -0.3 is 14.8 Å². The third kappa shape index (κ3) is 4.03. The van der Waals surface area contributed by atoms with Crippen molar-refractivity contribution in [3.05, 3.63) is 60.4 Å². The van der Waals surface area contributed by atoms with Gasteiger partial charge in [0.25, 0.3) is 0 Å². The fourth-order valence-electron chi connectivity index (χ4n) is 4.10. The normalized spacial score (nSPS) is 17.0. The van der Waals surface area contributed by atoms with Crippen LogP contribution in [0.2, 0.25) is 0 Å². The van der Waals surface area contributed by atoms with Gasteiger partial charge in [-0.05, 0) is 37.1 Å². The summed E-state index contributed by atoms with van der Waals surface area (Å²) >= 11 is 0. The van der Waals surface area contributed by atoms with Gasteiger partial charge in [-0.3, -0.25) is 4.79 Å². The Bertz CT molecular complexity index is 934. The molecule has 5 nitrogen and oxygen atoms in total. The van der Waals surface area contributed by atoms with E-state index in [1.54, 1.807) is 0 Å². The molecule has 1 aliphatic heterocycles. The molecule has 1 aromatic heterocycles. The van der Waals surface area contributed by atoms with Crippen LogP contribution < -0.4 is 5.32 Å². The van der Waals surface area contributed by atoms with Crippen molar-refractivity contribution >= 4 is 22.6 Å². The maximum Gasteiger partial charge on any atom is 0.224 e. The first kappa shape index (κ1) is 18.5. The zero-order chi connectivity index (χ0) is 19.3. The van der Waals surface area contributed by atoms with Crippen LogP contribution in [0.1, 0.15) is 32.0 Å². The number of amides is 1. The summed E-state index contributed by atoms with van der Waals surface area (Å²) in [6, 6.07) is 18.7. The highest BCUT2D eigenvalue weighted by Crippen LogP contribution is 2.19. The molecule has 4 rings (SSSR count). The predicted octanol–water partition coefficient (Wildman–Crippen LogP) is 4.09. The van der Waals surface area contributed by atoms with Gasteiger partial charge in [-0.1, -0.05) is 37.3 Å². The fraction of sp³-hybridized carbons (Fsp3) is 0.391. The lowest BCUT2D eigenvalue weighted by molar-refractivity contribution is -0.132. The van der Waals surface area contributed by atoms with Gasteiger partial charge in [-0.15, -0.1) is 0 Å². The number of carbonyl (C=O) groups excluding carboxylic acids is 1. The molecule has 1 atom stereocenters. The van der Waals surface area contributed by atoms with Crippen molar-refractivity contribution < 1.29 is 4.79 Å². The largest absolute Gasteiger partial charge is 0.381 e. The first-order valence-corrected chi connectivity index (χ1v) is 10.3. The van der Waals surface area contributed by atoms with Crippen molar-refractivity contribution in [2.45, 2.75) is 45.2 Å². The smallest absolute Gasteiger partial charge is 0.224 e. The zero-order valence-electron chi connectivity index (χ0n) is 16.5. The van der Waals surface area contributed by atoms with Crippen LogP contribution in [0.4, 0.5) is 5.69 Å². The number of carbonyl (C=O) groups is 1. The van der Waals surface area contributed by atoms with Crippen molar-refractivity contribution in [3.8, 4) is 0 Å². The monoisotopic (exact) mass is 376 g/mol. The number of fused-ring (bicyclic) bond motifs is 1. The number of para-hydroxylation sites is 3. The van der Waals surface area contributed by atoms with Gasteiger partial charge in [0, 0.05) is 44.2 Å². The van der Waals surface area contributed by atoms with Gasteiger partial charge in [0.1, 0.15) is 5.82 Å². The van der Waals surface area contributed by atoms with Crippen molar-refractivity contribution in [2.24, 2.45) is 0 Å². The number of aromatic nitrogens is 2. The molecule has 2 aromatic carbocycles. The summed E-state index contributed by atoms with van der Waals surface area (Å²) < 4.78 is 2.21. The summed E-state index contributed by atoms with van der Waals surface area (Å²) in [4.78, 5) is 19.6. The summed E-state index contributed by atoms with van der Waals surface area (Å²) in [7, 11) is 0. The Hall–Kier alpha value is -2.82. The highest BCUT2D eigenvalue weighted by Gasteiger charge is 2.23. The van der Waals surface area contributed by atoms with Gasteiger partial charge in [0.15, 0.2) is 0 Å². The average molecular weight is 377 g/mol. The maximum absolute atomic E-state index is 12.9. The molecule has 0 bridgehead atoms. The number of likely N-dealkylation sites (tertiary alicyclic amines) is 1. The van der Waals surface area contributed by atoms with Crippen molar-refractivity contribution in [3.63, 3.8) is 0 Å². The molecule has 0 radical (unpaired) electrons. The van der Waals surface area contributed by atoms with E-state index in [-0.39, 0.29) is 5.91 Å². The number of hydrogen-bond acceptors (Lipinski definition) is 3. The molecular formula is C23H28N4O. The zero-order valence-corrected chi connectivity index (χ0v) is 16.5. The standard InChI is InChI=1S/C23H28N4O/c1-2-22-25-20-12-6-7-13-21(20)27(22)16-14-23(28)26-15-8-11-19(17-26)24-18-9-4-3-5-10-18/h3-7,9-10,12-13,19,24H,2,8,11,14-17H2,1H3/t19-/m1/s1.